The maximum atomic E-state index is 5.65. The number of hydrogen-bond acceptors (Lipinski definition) is 7. The predicted octanol–water partition coefficient (Wildman–Crippen LogP) is 4.84. The Morgan fingerprint density at radius 3 is 2.87 bits per heavy atom. The van der Waals surface area contributed by atoms with Crippen LogP contribution in [0.2, 0.25) is 0 Å². The van der Waals surface area contributed by atoms with Crippen LogP contribution in [-0.2, 0) is 0 Å². The first kappa shape index (κ1) is 17.5. The third-order valence-corrected chi connectivity index (χ3v) is 5.95. The van der Waals surface area contributed by atoms with Crippen LogP contribution >= 0.6 is 15.9 Å². The van der Waals surface area contributed by atoms with Crippen molar-refractivity contribution in [3.63, 3.8) is 0 Å². The molecule has 4 aromatic heterocycles. The van der Waals surface area contributed by atoms with E-state index < -0.39 is 0 Å². The van der Waals surface area contributed by atoms with Gasteiger partial charge in [0.05, 0.1) is 10.9 Å². The van der Waals surface area contributed by atoms with Crippen molar-refractivity contribution >= 4 is 43.7 Å². The van der Waals surface area contributed by atoms with Crippen molar-refractivity contribution in [1.29, 1.82) is 0 Å². The summed E-state index contributed by atoms with van der Waals surface area (Å²) in [4.78, 5) is 18.2. The van der Waals surface area contributed by atoms with Gasteiger partial charge in [0.25, 0.3) is 5.89 Å². The van der Waals surface area contributed by atoms with Crippen molar-refractivity contribution in [3.8, 4) is 23.0 Å². The summed E-state index contributed by atoms with van der Waals surface area (Å²) in [5, 5.41) is 9.19. The van der Waals surface area contributed by atoms with E-state index in [1.165, 1.54) is 12.8 Å². The third-order valence-electron chi connectivity index (χ3n) is 5.35. The molecule has 0 spiro atoms. The van der Waals surface area contributed by atoms with Gasteiger partial charge >= 0.3 is 0 Å². The molecule has 0 radical (unpaired) electrons. The Morgan fingerprint density at radius 2 is 2.03 bits per heavy atom. The molecule has 148 valence electrons. The van der Waals surface area contributed by atoms with Gasteiger partial charge < -0.3 is 14.4 Å². The summed E-state index contributed by atoms with van der Waals surface area (Å²) in [6.45, 7) is 0. The molecule has 1 aromatic carbocycles. The molecular formula is C21H16BrN7O. The van der Waals surface area contributed by atoms with E-state index in [0.29, 0.717) is 23.5 Å². The molecule has 1 N–H and O–H groups in total. The lowest BCUT2D eigenvalue weighted by molar-refractivity contribution is 0.431. The average Bonchev–Trinajstić information content (AvgIpc) is 3.41. The van der Waals surface area contributed by atoms with Crippen LogP contribution in [0.4, 0.5) is 5.82 Å². The highest BCUT2D eigenvalue weighted by molar-refractivity contribution is 9.10. The lowest BCUT2D eigenvalue weighted by Gasteiger charge is -2.06. The van der Waals surface area contributed by atoms with Gasteiger partial charge in [0.1, 0.15) is 23.5 Å². The highest BCUT2D eigenvalue weighted by atomic mass is 79.9. The van der Waals surface area contributed by atoms with Crippen LogP contribution in [0.3, 0.4) is 0 Å². The molecule has 5 aromatic rings. The van der Waals surface area contributed by atoms with Crippen LogP contribution in [0.15, 0.2) is 51.9 Å². The van der Waals surface area contributed by atoms with Gasteiger partial charge in [0.2, 0.25) is 5.82 Å². The number of halogens is 1. The monoisotopic (exact) mass is 461 g/mol. The second-order valence-electron chi connectivity index (χ2n) is 7.28. The van der Waals surface area contributed by atoms with Crippen molar-refractivity contribution in [2.75, 3.05) is 12.4 Å². The van der Waals surface area contributed by atoms with Gasteiger partial charge in [-0.2, -0.15) is 4.98 Å². The Labute approximate surface area is 179 Å². The van der Waals surface area contributed by atoms with Crippen molar-refractivity contribution in [3.05, 3.63) is 47.3 Å². The summed E-state index contributed by atoms with van der Waals surface area (Å²) in [5.74, 6) is 1.59. The van der Waals surface area contributed by atoms with E-state index in [4.69, 9.17) is 4.52 Å². The van der Waals surface area contributed by atoms with Crippen LogP contribution in [-0.4, -0.2) is 36.7 Å². The summed E-state index contributed by atoms with van der Waals surface area (Å²) >= 11 is 3.66. The lowest BCUT2D eigenvalue weighted by Crippen LogP contribution is -1.96. The van der Waals surface area contributed by atoms with E-state index >= 15 is 0 Å². The van der Waals surface area contributed by atoms with E-state index in [1.807, 2.05) is 37.4 Å². The maximum Gasteiger partial charge on any atom is 0.277 e. The fourth-order valence-electron chi connectivity index (χ4n) is 3.75. The predicted molar refractivity (Wildman–Crippen MR) is 117 cm³/mol. The number of anilines is 1. The molecule has 0 bridgehead atoms. The van der Waals surface area contributed by atoms with E-state index in [2.05, 4.69) is 57.1 Å². The van der Waals surface area contributed by atoms with E-state index in [0.717, 1.165) is 37.8 Å². The number of pyridine rings is 1. The van der Waals surface area contributed by atoms with Gasteiger partial charge in [-0.1, -0.05) is 23.4 Å². The second-order valence-corrected chi connectivity index (χ2v) is 8.14. The molecule has 1 aliphatic rings. The Bertz CT molecular complexity index is 1420. The average molecular weight is 462 g/mol. The highest BCUT2D eigenvalue weighted by Crippen LogP contribution is 2.41. The number of rotatable bonds is 4. The smallest absolute Gasteiger partial charge is 0.277 e. The van der Waals surface area contributed by atoms with Gasteiger partial charge in [0, 0.05) is 34.7 Å². The van der Waals surface area contributed by atoms with E-state index in [-0.39, 0.29) is 0 Å². The minimum Gasteiger partial charge on any atom is -0.373 e. The highest BCUT2D eigenvalue weighted by Gasteiger charge is 2.28. The first-order valence-corrected chi connectivity index (χ1v) is 10.5. The van der Waals surface area contributed by atoms with E-state index in [1.54, 1.807) is 6.33 Å². The summed E-state index contributed by atoms with van der Waals surface area (Å²) in [6.07, 6.45) is 5.95. The molecule has 1 fully saturated rings. The van der Waals surface area contributed by atoms with Crippen molar-refractivity contribution in [2.24, 2.45) is 0 Å². The quantitative estimate of drug-likeness (QED) is 0.409. The number of aromatic nitrogens is 6. The fourth-order valence-corrected chi connectivity index (χ4v) is 4.34. The van der Waals surface area contributed by atoms with Gasteiger partial charge in [-0.25, -0.2) is 15.0 Å². The SMILES string of the molecule is CNc1cc(-c2noc(-c3ncnc4c3c(Br)cn4C3CC3)n2)c2ccccc2n1. The zero-order valence-electron chi connectivity index (χ0n) is 16.0. The number of hydrogen-bond donors (Lipinski definition) is 1. The molecule has 8 nitrogen and oxygen atoms in total. The second kappa shape index (κ2) is 6.60. The molecule has 6 rings (SSSR count). The van der Waals surface area contributed by atoms with Gasteiger partial charge in [-0.3, -0.25) is 0 Å². The fraction of sp³-hybridized carbons (Fsp3) is 0.190. The molecule has 0 amide bonds. The normalized spacial score (nSPS) is 13.9. The molecule has 0 unspecified atom stereocenters. The molecule has 1 saturated carbocycles. The molecule has 4 heterocycles. The Morgan fingerprint density at radius 1 is 1.17 bits per heavy atom. The molecule has 9 heteroatoms. The zero-order valence-corrected chi connectivity index (χ0v) is 17.6. The summed E-state index contributed by atoms with van der Waals surface area (Å²) in [5.41, 5.74) is 3.21. The van der Waals surface area contributed by atoms with E-state index in [9.17, 15) is 0 Å². The maximum absolute atomic E-state index is 5.65. The topological polar surface area (TPSA) is 94.6 Å². The minimum absolute atomic E-state index is 0.360. The van der Waals surface area contributed by atoms with Crippen LogP contribution < -0.4 is 5.32 Å². The Balaban J connectivity index is 1.52. The van der Waals surface area contributed by atoms with Crippen LogP contribution in [0, 0.1) is 0 Å². The summed E-state index contributed by atoms with van der Waals surface area (Å²) in [7, 11) is 1.84. The first-order valence-electron chi connectivity index (χ1n) is 9.66. The first-order chi connectivity index (χ1) is 14.7. The largest absolute Gasteiger partial charge is 0.373 e. The van der Waals surface area contributed by atoms with Crippen molar-refractivity contribution in [2.45, 2.75) is 18.9 Å². The molecule has 0 saturated heterocycles. The number of benzene rings is 1. The Kier molecular flexibility index (Phi) is 3.85. The standard InChI is InChI=1S/C21H16BrN7O/c1-23-16-8-13(12-4-2-3-5-15(12)26-16)19-27-21(30-28-19)18-17-14(22)9-29(11-6-7-11)20(17)25-10-24-18/h2-5,8-11H,6-7H2,1H3,(H,23,26). The number of para-hydroxylation sites is 1. The van der Waals surface area contributed by atoms with Gasteiger partial charge in [0.15, 0.2) is 0 Å². The number of fused-ring (bicyclic) bond motifs is 2. The number of nitrogens with zero attached hydrogens (tertiary/aromatic N) is 6. The molecule has 0 aliphatic heterocycles. The minimum atomic E-state index is 0.360. The van der Waals surface area contributed by atoms with Gasteiger partial charge in [-0.15, -0.1) is 0 Å². The van der Waals surface area contributed by atoms with Crippen LogP contribution in [0.5, 0.6) is 0 Å². The Hall–Kier alpha value is -3.33. The molecule has 30 heavy (non-hydrogen) atoms. The third kappa shape index (κ3) is 2.69. The molecular weight excluding hydrogens is 446 g/mol. The lowest BCUT2D eigenvalue weighted by atomic mass is 10.1. The number of nitrogens with one attached hydrogen (secondary N) is 1. The summed E-state index contributed by atoms with van der Waals surface area (Å²) < 4.78 is 8.77. The van der Waals surface area contributed by atoms with Gasteiger partial charge in [-0.05, 0) is 40.9 Å². The van der Waals surface area contributed by atoms with Crippen molar-refractivity contribution in [1.82, 2.24) is 29.7 Å². The zero-order chi connectivity index (χ0) is 20.2. The molecule has 1 aliphatic carbocycles. The summed E-state index contributed by atoms with van der Waals surface area (Å²) in [6, 6.07) is 10.3. The van der Waals surface area contributed by atoms with Crippen LogP contribution in [0.1, 0.15) is 18.9 Å². The molecule has 0 atom stereocenters. The van der Waals surface area contributed by atoms with Crippen molar-refractivity contribution < 1.29 is 4.52 Å². The van der Waals surface area contributed by atoms with Crippen LogP contribution in [0.25, 0.3) is 44.9 Å².